The summed E-state index contributed by atoms with van der Waals surface area (Å²) in [4.78, 5) is 24.7. The number of benzene rings is 1. The van der Waals surface area contributed by atoms with Gasteiger partial charge >= 0.3 is 6.18 Å². The molecule has 2 aliphatic heterocycles. The van der Waals surface area contributed by atoms with Crippen molar-refractivity contribution >= 4 is 11.8 Å². The summed E-state index contributed by atoms with van der Waals surface area (Å²) in [6, 6.07) is 3.47. The first-order valence-corrected chi connectivity index (χ1v) is 9.13. The Morgan fingerprint density at radius 2 is 2.07 bits per heavy atom. The summed E-state index contributed by atoms with van der Waals surface area (Å²) < 4.78 is 44.2. The predicted octanol–water partition coefficient (Wildman–Crippen LogP) is 3.17. The molecule has 2 amide bonds. The second-order valence-electron chi connectivity index (χ2n) is 7.22. The van der Waals surface area contributed by atoms with Crippen molar-refractivity contribution in [2.75, 3.05) is 0 Å². The largest absolute Gasteiger partial charge is 0.490 e. The highest BCUT2D eigenvalue weighted by Gasteiger charge is 2.46. The first kappa shape index (κ1) is 19.5. The molecule has 2 N–H and O–H groups in total. The lowest BCUT2D eigenvalue weighted by atomic mass is 9.90. The number of hydrogen-bond donors (Lipinski definition) is 2. The Labute approximate surface area is 155 Å². The molecule has 1 aromatic carbocycles. The molecule has 2 aliphatic rings. The summed E-state index contributed by atoms with van der Waals surface area (Å²) in [6.07, 6.45) is -3.67. The fraction of sp³-hybridized carbons (Fsp3) is 0.579. The molecule has 4 unspecified atom stereocenters. The number of alkyl halides is 3. The van der Waals surface area contributed by atoms with Crippen LogP contribution in [0.25, 0.3) is 0 Å². The van der Waals surface area contributed by atoms with Crippen molar-refractivity contribution in [3.8, 4) is 5.75 Å². The Hall–Kier alpha value is -2.25. The van der Waals surface area contributed by atoms with Crippen LogP contribution in [0.5, 0.6) is 5.75 Å². The molecule has 1 fully saturated rings. The maximum Gasteiger partial charge on any atom is 0.408 e. The van der Waals surface area contributed by atoms with Gasteiger partial charge in [-0.15, -0.1) is 0 Å². The number of halogens is 3. The van der Waals surface area contributed by atoms with Crippen LogP contribution < -0.4 is 15.4 Å². The molecule has 3 rings (SSSR count). The van der Waals surface area contributed by atoms with E-state index in [4.69, 9.17) is 4.74 Å². The SMILES string of the molecule is CCC1CC(NC(=O)C2CCC(C(F)(F)F)NC2=O)c2ccc(C)cc2O1. The van der Waals surface area contributed by atoms with E-state index in [1.807, 2.05) is 37.4 Å². The highest BCUT2D eigenvalue weighted by atomic mass is 19.4. The van der Waals surface area contributed by atoms with Crippen LogP contribution in [0.3, 0.4) is 0 Å². The molecule has 1 aromatic rings. The van der Waals surface area contributed by atoms with Crippen LogP contribution in [0.1, 0.15) is 49.8 Å². The number of carbonyl (C=O) groups is 2. The Kier molecular flexibility index (Phi) is 5.35. The number of carbonyl (C=O) groups excluding carboxylic acids is 2. The summed E-state index contributed by atoms with van der Waals surface area (Å²) in [6.45, 7) is 3.92. The van der Waals surface area contributed by atoms with Gasteiger partial charge in [0.1, 0.15) is 23.8 Å². The normalized spacial score (nSPS) is 28.0. The predicted molar refractivity (Wildman–Crippen MR) is 92.1 cm³/mol. The summed E-state index contributed by atoms with van der Waals surface area (Å²) in [5.41, 5.74) is 1.85. The molecule has 0 aliphatic carbocycles. The van der Waals surface area contributed by atoms with E-state index in [1.54, 1.807) is 0 Å². The minimum Gasteiger partial charge on any atom is -0.490 e. The fourth-order valence-corrected chi connectivity index (χ4v) is 3.61. The highest BCUT2D eigenvalue weighted by Crippen LogP contribution is 2.37. The van der Waals surface area contributed by atoms with Gasteiger partial charge in [-0.3, -0.25) is 9.59 Å². The Morgan fingerprint density at radius 3 is 2.70 bits per heavy atom. The molecule has 2 heterocycles. The van der Waals surface area contributed by atoms with Gasteiger partial charge in [-0.1, -0.05) is 19.1 Å². The van der Waals surface area contributed by atoms with E-state index in [2.05, 4.69) is 5.32 Å². The molecule has 148 valence electrons. The van der Waals surface area contributed by atoms with E-state index in [-0.39, 0.29) is 25.0 Å². The van der Waals surface area contributed by atoms with Gasteiger partial charge in [0.25, 0.3) is 0 Å². The minimum atomic E-state index is -4.50. The van der Waals surface area contributed by atoms with Crippen molar-refractivity contribution in [2.24, 2.45) is 5.92 Å². The number of piperidine rings is 1. The molecule has 1 saturated heterocycles. The number of rotatable bonds is 3. The number of amides is 2. The van der Waals surface area contributed by atoms with Crippen molar-refractivity contribution in [1.29, 1.82) is 0 Å². The zero-order chi connectivity index (χ0) is 19.8. The smallest absolute Gasteiger partial charge is 0.408 e. The topological polar surface area (TPSA) is 67.4 Å². The standard InChI is InChI=1S/C19H23F3N2O3/c1-3-11-9-14(12-5-4-10(2)8-15(12)27-11)23-17(25)13-6-7-16(19(20,21)22)24-18(13)26/h4-5,8,11,13-14,16H,3,6-7,9H2,1-2H3,(H,23,25)(H,24,26). The van der Waals surface area contributed by atoms with Gasteiger partial charge in [-0.2, -0.15) is 13.2 Å². The zero-order valence-electron chi connectivity index (χ0n) is 15.2. The zero-order valence-corrected chi connectivity index (χ0v) is 15.2. The van der Waals surface area contributed by atoms with Crippen LogP contribution in [0, 0.1) is 12.8 Å². The summed E-state index contributed by atoms with van der Waals surface area (Å²) in [5, 5.41) is 4.77. The molecule has 5 nitrogen and oxygen atoms in total. The number of nitrogens with one attached hydrogen (secondary N) is 2. The maximum atomic E-state index is 12.8. The molecule has 27 heavy (non-hydrogen) atoms. The molecule has 4 atom stereocenters. The van der Waals surface area contributed by atoms with Gasteiger partial charge in [0.2, 0.25) is 11.8 Å². The van der Waals surface area contributed by atoms with E-state index in [0.717, 1.165) is 17.5 Å². The van der Waals surface area contributed by atoms with Gasteiger partial charge in [-0.05, 0) is 37.8 Å². The molecule has 0 radical (unpaired) electrons. The van der Waals surface area contributed by atoms with Gasteiger partial charge in [0.15, 0.2) is 0 Å². The van der Waals surface area contributed by atoms with Crippen molar-refractivity contribution < 1.29 is 27.5 Å². The van der Waals surface area contributed by atoms with Crippen molar-refractivity contribution in [1.82, 2.24) is 10.6 Å². The molecule has 0 aromatic heterocycles. The quantitative estimate of drug-likeness (QED) is 0.787. The summed E-state index contributed by atoms with van der Waals surface area (Å²) >= 11 is 0. The van der Waals surface area contributed by atoms with Crippen molar-refractivity contribution in [3.63, 3.8) is 0 Å². The Bertz CT molecular complexity index is 735. The molecular weight excluding hydrogens is 361 g/mol. The van der Waals surface area contributed by atoms with Gasteiger partial charge in [0, 0.05) is 12.0 Å². The lowest BCUT2D eigenvalue weighted by Gasteiger charge is -2.34. The second-order valence-corrected chi connectivity index (χ2v) is 7.22. The van der Waals surface area contributed by atoms with E-state index in [0.29, 0.717) is 12.2 Å². The third-order valence-electron chi connectivity index (χ3n) is 5.20. The summed E-state index contributed by atoms with van der Waals surface area (Å²) in [5.74, 6) is -1.82. The van der Waals surface area contributed by atoms with Crippen LogP contribution in [-0.2, 0) is 9.59 Å². The second kappa shape index (κ2) is 7.40. The van der Waals surface area contributed by atoms with E-state index < -0.39 is 30.0 Å². The third-order valence-corrected chi connectivity index (χ3v) is 5.20. The Morgan fingerprint density at radius 1 is 1.33 bits per heavy atom. The van der Waals surface area contributed by atoms with Crippen molar-refractivity contribution in [2.45, 2.75) is 63.9 Å². The minimum absolute atomic E-state index is 0.0700. The Balaban J connectivity index is 1.72. The average Bonchev–Trinajstić information content (AvgIpc) is 2.60. The lowest BCUT2D eigenvalue weighted by Crippen LogP contribution is -2.55. The number of fused-ring (bicyclic) bond motifs is 1. The highest BCUT2D eigenvalue weighted by molar-refractivity contribution is 6.01. The van der Waals surface area contributed by atoms with Gasteiger partial charge in [0.05, 0.1) is 6.04 Å². The van der Waals surface area contributed by atoms with Gasteiger partial charge < -0.3 is 15.4 Å². The number of hydrogen-bond acceptors (Lipinski definition) is 3. The van der Waals surface area contributed by atoms with Crippen molar-refractivity contribution in [3.05, 3.63) is 29.3 Å². The maximum absolute atomic E-state index is 12.8. The summed E-state index contributed by atoms with van der Waals surface area (Å²) in [7, 11) is 0. The molecule has 0 bridgehead atoms. The first-order chi connectivity index (χ1) is 12.7. The lowest BCUT2D eigenvalue weighted by molar-refractivity contribution is -0.171. The fourth-order valence-electron chi connectivity index (χ4n) is 3.61. The van der Waals surface area contributed by atoms with Gasteiger partial charge in [-0.25, -0.2) is 0 Å². The van der Waals surface area contributed by atoms with Crippen LogP contribution in [0.4, 0.5) is 13.2 Å². The van der Waals surface area contributed by atoms with Crippen LogP contribution in [0.2, 0.25) is 0 Å². The van der Waals surface area contributed by atoms with E-state index in [1.165, 1.54) is 0 Å². The monoisotopic (exact) mass is 384 g/mol. The molecule has 0 saturated carbocycles. The van der Waals surface area contributed by atoms with Crippen LogP contribution >= 0.6 is 0 Å². The third kappa shape index (κ3) is 4.20. The van der Waals surface area contributed by atoms with Crippen LogP contribution in [-0.4, -0.2) is 30.1 Å². The molecular formula is C19H23F3N2O3. The van der Waals surface area contributed by atoms with E-state index >= 15 is 0 Å². The molecule has 8 heteroatoms. The number of aryl methyl sites for hydroxylation is 1. The first-order valence-electron chi connectivity index (χ1n) is 9.13. The number of ether oxygens (including phenoxy) is 1. The molecule has 0 spiro atoms. The van der Waals surface area contributed by atoms with Crippen LogP contribution in [0.15, 0.2) is 18.2 Å². The van der Waals surface area contributed by atoms with E-state index in [9.17, 15) is 22.8 Å². The average molecular weight is 384 g/mol.